The summed E-state index contributed by atoms with van der Waals surface area (Å²) in [5, 5.41) is 15.5. The second kappa shape index (κ2) is 8.63. The van der Waals surface area contributed by atoms with E-state index in [9.17, 15) is 5.21 Å². The van der Waals surface area contributed by atoms with E-state index < -0.39 is 5.82 Å². The third-order valence-corrected chi connectivity index (χ3v) is 5.51. The van der Waals surface area contributed by atoms with Crippen LogP contribution < -0.4 is 10.0 Å². The lowest BCUT2D eigenvalue weighted by Gasteiger charge is -2.10. The van der Waals surface area contributed by atoms with Gasteiger partial charge in [0.2, 0.25) is 0 Å². The van der Waals surface area contributed by atoms with E-state index in [-0.39, 0.29) is 11.5 Å². The van der Waals surface area contributed by atoms with E-state index in [1.807, 2.05) is 60.7 Å². The molecule has 162 valence electrons. The molecule has 0 saturated carbocycles. The molecule has 0 aliphatic heterocycles. The van der Waals surface area contributed by atoms with Gasteiger partial charge in [0.05, 0.1) is 5.52 Å². The van der Waals surface area contributed by atoms with Gasteiger partial charge in [-0.15, -0.1) is 0 Å². The topological polar surface area (TPSA) is 77.6 Å². The average molecular weight is 437 g/mol. The van der Waals surface area contributed by atoms with Crippen LogP contribution in [0.15, 0.2) is 85.5 Å². The predicted octanol–water partition coefficient (Wildman–Crippen LogP) is 5.05. The summed E-state index contributed by atoms with van der Waals surface area (Å²) < 4.78 is 16.0. The Hall–Kier alpha value is -4.39. The van der Waals surface area contributed by atoms with Crippen molar-refractivity contribution in [3.63, 3.8) is 0 Å². The minimum atomic E-state index is -0.497. The van der Waals surface area contributed by atoms with E-state index in [1.165, 1.54) is 12.5 Å². The molecule has 0 fully saturated rings. The van der Waals surface area contributed by atoms with Crippen molar-refractivity contribution in [1.29, 1.82) is 0 Å². The van der Waals surface area contributed by atoms with Crippen molar-refractivity contribution < 1.29 is 9.12 Å². The van der Waals surface area contributed by atoms with Crippen LogP contribution in [0, 0.1) is 17.9 Å². The number of aromatic nitrogens is 4. The van der Waals surface area contributed by atoms with Crippen LogP contribution >= 0.6 is 0 Å². The summed E-state index contributed by atoms with van der Waals surface area (Å²) in [4.78, 5) is 12.5. The summed E-state index contributed by atoms with van der Waals surface area (Å²) in [6.45, 7) is 2.18. The van der Waals surface area contributed by atoms with Gasteiger partial charge in [-0.3, -0.25) is 4.98 Å². The molecule has 0 radical (unpaired) electrons. The Balaban J connectivity index is 1.34. The highest BCUT2D eigenvalue weighted by molar-refractivity contribution is 5.84. The first-order valence-corrected chi connectivity index (χ1v) is 10.5. The second-order valence-electron chi connectivity index (χ2n) is 7.73. The van der Waals surface area contributed by atoms with Crippen LogP contribution in [0.5, 0.6) is 0 Å². The first-order valence-electron chi connectivity index (χ1n) is 10.5. The first kappa shape index (κ1) is 20.5. The third-order valence-electron chi connectivity index (χ3n) is 5.51. The molecule has 2 aromatic carbocycles. The maximum Gasteiger partial charge on any atom is 0.191 e. The van der Waals surface area contributed by atoms with E-state index in [0.29, 0.717) is 17.8 Å². The highest BCUT2D eigenvalue weighted by Crippen LogP contribution is 2.27. The Labute approximate surface area is 190 Å². The van der Waals surface area contributed by atoms with Crippen molar-refractivity contribution in [2.24, 2.45) is 0 Å². The number of hydrogen-bond acceptors (Lipinski definition) is 5. The lowest BCUT2D eigenvalue weighted by Crippen LogP contribution is -2.28. The molecule has 3 heterocycles. The summed E-state index contributed by atoms with van der Waals surface area (Å²) >= 11 is 0. The van der Waals surface area contributed by atoms with E-state index >= 15 is 4.39 Å². The third kappa shape index (κ3) is 4.21. The highest BCUT2D eigenvalue weighted by atomic mass is 19.1. The zero-order valence-electron chi connectivity index (χ0n) is 17.9. The van der Waals surface area contributed by atoms with Gasteiger partial charge < -0.3 is 10.5 Å². The zero-order valence-corrected chi connectivity index (χ0v) is 17.9. The molecule has 0 amide bonds. The summed E-state index contributed by atoms with van der Waals surface area (Å²) in [5.74, 6) is -0.350. The van der Waals surface area contributed by atoms with E-state index in [4.69, 9.17) is 0 Å². The number of nitrogens with zero attached hydrogens (tertiary/aromatic N) is 4. The largest absolute Gasteiger partial charge is 0.619 e. The van der Waals surface area contributed by atoms with Crippen LogP contribution in [0.1, 0.15) is 11.3 Å². The lowest BCUT2D eigenvalue weighted by molar-refractivity contribution is -0.612. The van der Waals surface area contributed by atoms with Gasteiger partial charge in [-0.2, -0.15) is 4.73 Å². The van der Waals surface area contributed by atoms with Crippen molar-refractivity contribution in [1.82, 2.24) is 15.0 Å². The number of rotatable bonds is 5. The number of nitrogens with one attached hydrogen (secondary N) is 1. The van der Waals surface area contributed by atoms with Gasteiger partial charge in [0.25, 0.3) is 0 Å². The standard InChI is InChI=1S/C26H20FN5O/c1-17-13-20(10-12-32(17)33)19-6-4-18(5-7-19)15-29-26-24(27)25(30-16-31-26)22-8-9-23-21(14-22)3-2-11-28-23/h2-14,16H,15H2,1H3,(H,29,30,31). The molecule has 5 aromatic rings. The monoisotopic (exact) mass is 437 g/mol. The van der Waals surface area contributed by atoms with Gasteiger partial charge in [0, 0.05) is 42.7 Å². The molecule has 1 N–H and O–H groups in total. The predicted molar refractivity (Wildman–Crippen MR) is 126 cm³/mol. The van der Waals surface area contributed by atoms with E-state index in [0.717, 1.165) is 32.3 Å². The number of benzene rings is 2. The molecule has 0 bridgehead atoms. The molecule has 3 aromatic heterocycles. The van der Waals surface area contributed by atoms with Gasteiger partial charge in [0.15, 0.2) is 23.5 Å². The summed E-state index contributed by atoms with van der Waals surface area (Å²) in [5.41, 5.74) is 5.33. The Morgan fingerprint density at radius 3 is 2.55 bits per heavy atom. The molecule has 33 heavy (non-hydrogen) atoms. The van der Waals surface area contributed by atoms with Crippen molar-refractivity contribution >= 4 is 16.7 Å². The first-order chi connectivity index (χ1) is 16.1. The fourth-order valence-corrected chi connectivity index (χ4v) is 3.70. The summed E-state index contributed by atoms with van der Waals surface area (Å²) in [7, 11) is 0. The smallest absolute Gasteiger partial charge is 0.191 e. The molecular weight excluding hydrogens is 417 g/mol. The number of anilines is 1. The Morgan fingerprint density at radius 2 is 1.73 bits per heavy atom. The van der Waals surface area contributed by atoms with Gasteiger partial charge >= 0.3 is 0 Å². The molecule has 0 aliphatic rings. The van der Waals surface area contributed by atoms with E-state index in [2.05, 4.69) is 20.3 Å². The minimum absolute atomic E-state index is 0.147. The van der Waals surface area contributed by atoms with Gasteiger partial charge in [0.1, 0.15) is 12.0 Å². The number of aryl methyl sites for hydroxylation is 1. The van der Waals surface area contributed by atoms with Crippen LogP contribution in [-0.4, -0.2) is 15.0 Å². The van der Waals surface area contributed by atoms with Gasteiger partial charge in [-0.25, -0.2) is 14.4 Å². The van der Waals surface area contributed by atoms with Crippen molar-refractivity contribution in [3.8, 4) is 22.4 Å². The quantitative estimate of drug-likeness (QED) is 0.307. The Kier molecular flexibility index (Phi) is 5.36. The zero-order chi connectivity index (χ0) is 22.8. The lowest BCUT2D eigenvalue weighted by atomic mass is 10.0. The van der Waals surface area contributed by atoms with Crippen LogP contribution in [0.3, 0.4) is 0 Å². The van der Waals surface area contributed by atoms with Gasteiger partial charge in [-0.1, -0.05) is 36.4 Å². The van der Waals surface area contributed by atoms with Crippen molar-refractivity contribution in [2.75, 3.05) is 5.32 Å². The number of fused-ring (bicyclic) bond motifs is 1. The van der Waals surface area contributed by atoms with Crippen LogP contribution in [-0.2, 0) is 6.54 Å². The number of hydrogen-bond donors (Lipinski definition) is 1. The Morgan fingerprint density at radius 1 is 0.909 bits per heavy atom. The molecule has 0 spiro atoms. The molecule has 0 unspecified atom stereocenters. The molecular formula is C26H20FN5O. The Bertz CT molecular complexity index is 1450. The van der Waals surface area contributed by atoms with E-state index in [1.54, 1.807) is 19.2 Å². The normalized spacial score (nSPS) is 11.0. The molecule has 0 saturated heterocycles. The minimum Gasteiger partial charge on any atom is -0.619 e. The highest BCUT2D eigenvalue weighted by Gasteiger charge is 2.13. The summed E-state index contributed by atoms with van der Waals surface area (Å²) in [6.07, 6.45) is 4.59. The molecule has 5 rings (SSSR count). The molecule has 0 atom stereocenters. The van der Waals surface area contributed by atoms with Crippen molar-refractivity contribution in [2.45, 2.75) is 13.5 Å². The maximum absolute atomic E-state index is 15.2. The van der Waals surface area contributed by atoms with Crippen molar-refractivity contribution in [3.05, 3.63) is 108 Å². The fraction of sp³-hybridized carbons (Fsp3) is 0.0769. The molecule has 0 aliphatic carbocycles. The number of pyridine rings is 2. The van der Waals surface area contributed by atoms with Crippen LogP contribution in [0.2, 0.25) is 0 Å². The van der Waals surface area contributed by atoms with Crippen LogP contribution in [0.4, 0.5) is 10.2 Å². The number of halogens is 1. The summed E-state index contributed by atoms with van der Waals surface area (Å²) in [6, 6.07) is 20.8. The average Bonchev–Trinajstić information content (AvgIpc) is 2.85. The fourth-order valence-electron chi connectivity index (χ4n) is 3.70. The maximum atomic E-state index is 15.2. The SMILES string of the molecule is Cc1cc(-c2ccc(CNc3ncnc(-c4ccc5ncccc5c4)c3F)cc2)cc[n+]1[O-]. The van der Waals surface area contributed by atoms with Crippen LogP contribution in [0.25, 0.3) is 33.3 Å². The van der Waals surface area contributed by atoms with Gasteiger partial charge in [-0.05, 0) is 34.9 Å². The second-order valence-corrected chi connectivity index (χ2v) is 7.73. The molecule has 7 heteroatoms. The molecule has 6 nitrogen and oxygen atoms in total.